The SMILES string of the molecule is COc1cccc(-c2cnc(N)c(F)c2)c1. The van der Waals surface area contributed by atoms with Crippen molar-refractivity contribution in [3.63, 3.8) is 0 Å². The number of nitrogens with two attached hydrogens (primary N) is 1. The van der Waals surface area contributed by atoms with Crippen LogP contribution in [-0.2, 0) is 0 Å². The zero-order chi connectivity index (χ0) is 11.5. The van der Waals surface area contributed by atoms with Crippen molar-refractivity contribution < 1.29 is 9.13 Å². The summed E-state index contributed by atoms with van der Waals surface area (Å²) in [5.74, 6) is 0.113. The maximum absolute atomic E-state index is 13.2. The van der Waals surface area contributed by atoms with E-state index in [1.807, 2.05) is 24.3 Å². The Kier molecular flexibility index (Phi) is 2.72. The van der Waals surface area contributed by atoms with E-state index in [4.69, 9.17) is 10.5 Å². The Morgan fingerprint density at radius 3 is 2.75 bits per heavy atom. The molecule has 1 aromatic heterocycles. The van der Waals surface area contributed by atoms with Crippen molar-refractivity contribution in [2.75, 3.05) is 12.8 Å². The fourth-order valence-corrected chi connectivity index (χ4v) is 1.41. The van der Waals surface area contributed by atoms with Crippen molar-refractivity contribution >= 4 is 5.82 Å². The molecule has 0 aliphatic heterocycles. The summed E-state index contributed by atoms with van der Waals surface area (Å²) in [5, 5.41) is 0. The standard InChI is InChI=1S/C12H11FN2O/c1-16-10-4-2-3-8(5-10)9-6-11(13)12(14)15-7-9/h2-7H,1H3,(H2,14,15). The molecule has 0 fully saturated rings. The van der Waals surface area contributed by atoms with Crippen molar-refractivity contribution in [1.29, 1.82) is 0 Å². The van der Waals surface area contributed by atoms with E-state index in [0.717, 1.165) is 11.3 Å². The minimum atomic E-state index is -0.514. The van der Waals surface area contributed by atoms with E-state index in [1.165, 1.54) is 12.3 Å². The molecule has 0 spiro atoms. The quantitative estimate of drug-likeness (QED) is 0.842. The second kappa shape index (κ2) is 4.18. The Hall–Kier alpha value is -2.10. The van der Waals surface area contributed by atoms with Gasteiger partial charge in [-0.2, -0.15) is 0 Å². The first-order valence-electron chi connectivity index (χ1n) is 4.76. The fraction of sp³-hybridized carbons (Fsp3) is 0.0833. The molecule has 0 bridgehead atoms. The van der Waals surface area contributed by atoms with E-state index in [0.29, 0.717) is 5.56 Å². The van der Waals surface area contributed by atoms with Crippen LogP contribution < -0.4 is 10.5 Å². The minimum Gasteiger partial charge on any atom is -0.497 e. The molecule has 1 heterocycles. The Morgan fingerprint density at radius 1 is 1.25 bits per heavy atom. The third-order valence-electron chi connectivity index (χ3n) is 2.27. The third kappa shape index (κ3) is 1.95. The molecule has 0 aliphatic rings. The van der Waals surface area contributed by atoms with E-state index in [-0.39, 0.29) is 5.82 Å². The highest BCUT2D eigenvalue weighted by Gasteiger charge is 2.04. The number of halogens is 1. The predicted octanol–water partition coefficient (Wildman–Crippen LogP) is 2.48. The van der Waals surface area contributed by atoms with Crippen LogP contribution in [0.15, 0.2) is 36.5 Å². The second-order valence-electron chi connectivity index (χ2n) is 3.32. The normalized spacial score (nSPS) is 10.1. The van der Waals surface area contributed by atoms with Crippen LogP contribution in [0.5, 0.6) is 5.75 Å². The van der Waals surface area contributed by atoms with Crippen molar-refractivity contribution in [2.24, 2.45) is 0 Å². The molecular weight excluding hydrogens is 207 g/mol. The van der Waals surface area contributed by atoms with Gasteiger partial charge in [-0.05, 0) is 23.8 Å². The van der Waals surface area contributed by atoms with E-state index >= 15 is 0 Å². The van der Waals surface area contributed by atoms with E-state index in [1.54, 1.807) is 7.11 Å². The van der Waals surface area contributed by atoms with Gasteiger partial charge in [-0.25, -0.2) is 9.37 Å². The van der Waals surface area contributed by atoms with Gasteiger partial charge in [-0.15, -0.1) is 0 Å². The van der Waals surface area contributed by atoms with Gasteiger partial charge in [-0.3, -0.25) is 0 Å². The van der Waals surface area contributed by atoms with Crippen LogP contribution in [0, 0.1) is 5.82 Å². The molecule has 0 aliphatic carbocycles. The van der Waals surface area contributed by atoms with Crippen LogP contribution in [0.2, 0.25) is 0 Å². The topological polar surface area (TPSA) is 48.1 Å². The Labute approximate surface area is 92.7 Å². The average molecular weight is 218 g/mol. The van der Waals surface area contributed by atoms with E-state index in [9.17, 15) is 4.39 Å². The van der Waals surface area contributed by atoms with Gasteiger partial charge in [0.2, 0.25) is 0 Å². The van der Waals surface area contributed by atoms with Crippen LogP contribution in [0.25, 0.3) is 11.1 Å². The zero-order valence-electron chi connectivity index (χ0n) is 8.77. The van der Waals surface area contributed by atoms with Gasteiger partial charge in [0, 0.05) is 11.8 Å². The van der Waals surface area contributed by atoms with Crippen LogP contribution in [0.3, 0.4) is 0 Å². The first kappa shape index (κ1) is 10.4. The van der Waals surface area contributed by atoms with Crippen molar-refractivity contribution in [3.05, 3.63) is 42.3 Å². The van der Waals surface area contributed by atoms with Gasteiger partial charge in [-0.1, -0.05) is 12.1 Å². The van der Waals surface area contributed by atoms with Crippen molar-refractivity contribution in [3.8, 4) is 16.9 Å². The summed E-state index contributed by atoms with van der Waals surface area (Å²) in [6, 6.07) is 8.69. The van der Waals surface area contributed by atoms with Gasteiger partial charge in [0.15, 0.2) is 11.6 Å². The smallest absolute Gasteiger partial charge is 0.165 e. The zero-order valence-corrected chi connectivity index (χ0v) is 8.77. The highest BCUT2D eigenvalue weighted by atomic mass is 19.1. The molecule has 0 unspecified atom stereocenters. The van der Waals surface area contributed by atoms with Crippen LogP contribution >= 0.6 is 0 Å². The average Bonchev–Trinajstić information content (AvgIpc) is 2.33. The lowest BCUT2D eigenvalue weighted by Crippen LogP contribution is -1.94. The summed E-state index contributed by atoms with van der Waals surface area (Å²) in [4.78, 5) is 3.77. The van der Waals surface area contributed by atoms with E-state index < -0.39 is 5.82 Å². The lowest BCUT2D eigenvalue weighted by molar-refractivity contribution is 0.415. The molecule has 3 nitrogen and oxygen atoms in total. The van der Waals surface area contributed by atoms with Gasteiger partial charge in [0.25, 0.3) is 0 Å². The number of methoxy groups -OCH3 is 1. The fourth-order valence-electron chi connectivity index (χ4n) is 1.41. The van der Waals surface area contributed by atoms with Crippen molar-refractivity contribution in [2.45, 2.75) is 0 Å². The number of nitrogen functional groups attached to an aromatic ring is 1. The number of aromatic nitrogens is 1. The van der Waals surface area contributed by atoms with Crippen LogP contribution in [-0.4, -0.2) is 12.1 Å². The van der Waals surface area contributed by atoms with Crippen molar-refractivity contribution in [1.82, 2.24) is 4.98 Å². The molecule has 0 amide bonds. The first-order valence-corrected chi connectivity index (χ1v) is 4.76. The number of nitrogens with zero attached hydrogens (tertiary/aromatic N) is 1. The van der Waals surface area contributed by atoms with Gasteiger partial charge >= 0.3 is 0 Å². The van der Waals surface area contributed by atoms with Gasteiger partial charge < -0.3 is 10.5 Å². The molecule has 0 saturated carbocycles. The number of hydrogen-bond donors (Lipinski definition) is 1. The molecular formula is C12H11FN2O. The first-order chi connectivity index (χ1) is 7.70. The number of pyridine rings is 1. The molecule has 2 aromatic rings. The molecule has 0 atom stereocenters. The van der Waals surface area contributed by atoms with E-state index in [2.05, 4.69) is 4.98 Å². The molecule has 82 valence electrons. The highest BCUT2D eigenvalue weighted by Crippen LogP contribution is 2.24. The second-order valence-corrected chi connectivity index (χ2v) is 3.32. The monoisotopic (exact) mass is 218 g/mol. The summed E-state index contributed by atoms with van der Waals surface area (Å²) in [7, 11) is 1.58. The summed E-state index contributed by atoms with van der Waals surface area (Å²) in [6.07, 6.45) is 1.53. The summed E-state index contributed by atoms with van der Waals surface area (Å²) in [5.41, 5.74) is 6.82. The van der Waals surface area contributed by atoms with Gasteiger partial charge in [0.05, 0.1) is 7.11 Å². The largest absolute Gasteiger partial charge is 0.497 e. The number of hydrogen-bond acceptors (Lipinski definition) is 3. The minimum absolute atomic E-state index is 0.0911. The molecule has 1 aromatic carbocycles. The molecule has 4 heteroatoms. The van der Waals surface area contributed by atoms with Crippen LogP contribution in [0.4, 0.5) is 10.2 Å². The maximum atomic E-state index is 13.2. The summed E-state index contributed by atoms with van der Waals surface area (Å²) in [6.45, 7) is 0. The number of ether oxygens (including phenoxy) is 1. The Bertz CT molecular complexity index is 514. The lowest BCUT2D eigenvalue weighted by atomic mass is 10.1. The number of anilines is 1. The number of rotatable bonds is 2. The highest BCUT2D eigenvalue weighted by molar-refractivity contribution is 5.65. The van der Waals surface area contributed by atoms with Crippen LogP contribution in [0.1, 0.15) is 0 Å². The molecule has 2 N–H and O–H groups in total. The summed E-state index contributed by atoms with van der Waals surface area (Å²) < 4.78 is 18.3. The number of benzene rings is 1. The maximum Gasteiger partial charge on any atom is 0.165 e. The third-order valence-corrected chi connectivity index (χ3v) is 2.27. The lowest BCUT2D eigenvalue weighted by Gasteiger charge is -2.05. The van der Waals surface area contributed by atoms with Gasteiger partial charge in [0.1, 0.15) is 5.75 Å². The molecule has 0 saturated heterocycles. The summed E-state index contributed by atoms with van der Waals surface area (Å²) >= 11 is 0. The predicted molar refractivity (Wildman–Crippen MR) is 60.6 cm³/mol. The Morgan fingerprint density at radius 2 is 2.06 bits per heavy atom. The molecule has 16 heavy (non-hydrogen) atoms. The Balaban J connectivity index is 2.46. The molecule has 2 rings (SSSR count). The molecule has 0 radical (unpaired) electrons.